The number of methoxy groups -OCH3 is 1. The molecule has 10 rings (SSSR count). The van der Waals surface area contributed by atoms with E-state index in [0.717, 1.165) is 42.5 Å². The maximum absolute atomic E-state index is 16.2. The van der Waals surface area contributed by atoms with Crippen molar-refractivity contribution >= 4 is 75.5 Å². The molecule has 6 aliphatic rings. The van der Waals surface area contributed by atoms with E-state index in [1.54, 1.807) is 33.2 Å². The number of rotatable bonds is 9. The molecule has 364 valence electrons. The van der Waals surface area contributed by atoms with Gasteiger partial charge in [-0.1, -0.05) is 23.2 Å². The van der Waals surface area contributed by atoms with Gasteiger partial charge in [0.15, 0.2) is 11.5 Å². The predicted molar refractivity (Wildman–Crippen MR) is 257 cm³/mol. The van der Waals surface area contributed by atoms with Gasteiger partial charge in [-0.2, -0.15) is 0 Å². The summed E-state index contributed by atoms with van der Waals surface area (Å²) in [5.41, 5.74) is 11.1. The molecule has 5 fully saturated rings. The lowest BCUT2D eigenvalue weighted by molar-refractivity contribution is -0.139. The standard InChI is InChI=1S/C43H49Cl2F2N11O4.C5H10O/c1-25-17-26(19-32(37(25)45)57-12-5-36(59)51-41(57)62)40(61)55-15-8-42(9-16-55)6-13-54(14-7-42)34-4-10-53(24-43(34,46)47)23-27-18-28(44)20-31-29(27)3-11-56(31)35-21-30(49-2)39-50-22-33(38(48)60)58(39)52-35;1-6-5-3-2-4-5/h17-22,34,49H,3-16,23-24H2,1-2H3,(H2,48,60)(H,51,59,62);5H,2-4H2,1H3. The number of fused-ring (bicyclic) bond motifs is 2. The van der Waals surface area contributed by atoms with Crippen molar-refractivity contribution in [1.29, 1.82) is 0 Å². The number of piperidine rings is 3. The van der Waals surface area contributed by atoms with Crippen molar-refractivity contribution < 1.29 is 32.7 Å². The van der Waals surface area contributed by atoms with Gasteiger partial charge >= 0.3 is 6.03 Å². The molecule has 1 spiro atoms. The molecule has 1 unspecified atom stereocenters. The van der Waals surface area contributed by atoms with E-state index in [9.17, 15) is 19.2 Å². The van der Waals surface area contributed by atoms with Crippen LogP contribution >= 0.6 is 23.2 Å². The zero-order chi connectivity index (χ0) is 48.1. The quantitative estimate of drug-likeness (QED) is 0.157. The van der Waals surface area contributed by atoms with Crippen molar-refractivity contribution in [2.45, 2.75) is 95.7 Å². The van der Waals surface area contributed by atoms with Crippen molar-refractivity contribution in [2.24, 2.45) is 11.1 Å². The molecule has 1 atom stereocenters. The Morgan fingerprint density at radius 3 is 2.28 bits per heavy atom. The number of hydrogen-bond acceptors (Lipinski definition) is 11. The Labute approximate surface area is 404 Å². The third-order valence-electron chi connectivity index (χ3n) is 15.1. The second kappa shape index (κ2) is 19.3. The average Bonchev–Trinajstić information content (AvgIpc) is 3.93. The van der Waals surface area contributed by atoms with Crippen LogP contribution in [-0.2, 0) is 22.5 Å². The highest BCUT2D eigenvalue weighted by Crippen LogP contribution is 2.45. The van der Waals surface area contributed by atoms with Gasteiger partial charge in [-0.05, 0) is 124 Å². The number of imide groups is 1. The molecule has 5 amide bonds. The maximum Gasteiger partial charge on any atom is 0.328 e. The maximum atomic E-state index is 16.2. The monoisotopic (exact) mass is 977 g/mol. The van der Waals surface area contributed by atoms with Gasteiger partial charge in [-0.15, -0.1) is 5.10 Å². The van der Waals surface area contributed by atoms with Crippen molar-refractivity contribution in [3.05, 3.63) is 74.5 Å². The highest BCUT2D eigenvalue weighted by molar-refractivity contribution is 6.35. The van der Waals surface area contributed by atoms with Crippen LogP contribution in [0.1, 0.15) is 95.3 Å². The fraction of sp³-hybridized carbons (Fsp3) is 0.542. The minimum atomic E-state index is -2.92. The zero-order valence-corrected chi connectivity index (χ0v) is 40.3. The lowest BCUT2D eigenvalue weighted by atomic mass is 9.70. The topological polar surface area (TPSA) is 174 Å². The van der Waals surface area contributed by atoms with Gasteiger partial charge < -0.3 is 25.6 Å². The Kier molecular flexibility index (Phi) is 13.6. The number of urea groups is 1. The molecule has 5 aliphatic heterocycles. The first-order valence-corrected chi connectivity index (χ1v) is 24.4. The van der Waals surface area contributed by atoms with Gasteiger partial charge in [0, 0.05) is 82.2 Å². The van der Waals surface area contributed by atoms with Crippen molar-refractivity contribution in [1.82, 2.24) is 34.6 Å². The normalized spacial score (nSPS) is 21.9. The molecule has 1 saturated carbocycles. The number of nitrogens with one attached hydrogen (secondary N) is 2. The number of ether oxygens (including phenoxy) is 1. The SMILES string of the molecule is CNc1cc(N2CCc3c(CN4CCC(N5CCC6(CCN(C(=O)c7cc(C)c(Cl)c(N8CCC(=O)NC8=O)c7)CC6)CC5)C(F)(F)C4)cc(Cl)cc32)nn2c(C(N)=O)cnc12.COC1CCC1. The number of likely N-dealkylation sites (tertiary alicyclic amines) is 3. The Balaban J connectivity index is 0.000000894. The molecular formula is C48H59Cl2F2N11O5. The summed E-state index contributed by atoms with van der Waals surface area (Å²) in [5.74, 6) is -3.50. The van der Waals surface area contributed by atoms with Gasteiger partial charge in [-0.25, -0.2) is 23.1 Å². The molecule has 7 heterocycles. The molecule has 16 nitrogen and oxygen atoms in total. The molecule has 0 bridgehead atoms. The molecule has 20 heteroatoms. The van der Waals surface area contributed by atoms with Crippen LogP contribution in [0.3, 0.4) is 0 Å². The predicted octanol–water partition coefficient (Wildman–Crippen LogP) is 7.04. The Morgan fingerprint density at radius 1 is 0.926 bits per heavy atom. The van der Waals surface area contributed by atoms with Crippen LogP contribution < -0.4 is 26.2 Å². The number of anilines is 4. The number of hydrogen-bond donors (Lipinski definition) is 3. The highest BCUT2D eigenvalue weighted by Gasteiger charge is 2.50. The second-order valence-electron chi connectivity index (χ2n) is 19.1. The van der Waals surface area contributed by atoms with Crippen molar-refractivity contribution in [3.8, 4) is 0 Å². The highest BCUT2D eigenvalue weighted by atomic mass is 35.5. The average molecular weight is 979 g/mol. The van der Waals surface area contributed by atoms with E-state index in [2.05, 4.69) is 15.6 Å². The number of aryl methyl sites for hydroxylation is 1. The molecule has 0 radical (unpaired) electrons. The van der Waals surface area contributed by atoms with Crippen molar-refractivity contribution in [3.63, 3.8) is 0 Å². The number of aromatic nitrogens is 3. The second-order valence-corrected chi connectivity index (χ2v) is 20.0. The number of carbonyl (C=O) groups excluding carboxylic acids is 4. The number of amides is 5. The number of carbonyl (C=O) groups is 4. The van der Waals surface area contributed by atoms with Crippen LogP contribution in [0.25, 0.3) is 5.65 Å². The van der Waals surface area contributed by atoms with E-state index < -0.39 is 23.9 Å². The summed E-state index contributed by atoms with van der Waals surface area (Å²) < 4.78 is 38.8. The van der Waals surface area contributed by atoms with Crippen LogP contribution in [0, 0.1) is 12.3 Å². The van der Waals surface area contributed by atoms with Gasteiger partial charge in [0.2, 0.25) is 5.91 Å². The molecule has 4 aromatic rings. The number of benzene rings is 2. The van der Waals surface area contributed by atoms with E-state index in [1.165, 1.54) is 34.9 Å². The smallest absolute Gasteiger partial charge is 0.328 e. The Hall–Kier alpha value is -5.14. The first-order valence-electron chi connectivity index (χ1n) is 23.6. The third-order valence-corrected chi connectivity index (χ3v) is 15.8. The van der Waals surface area contributed by atoms with E-state index in [0.29, 0.717) is 109 Å². The van der Waals surface area contributed by atoms with Gasteiger partial charge in [0.05, 0.1) is 41.3 Å². The molecular weight excluding hydrogens is 920 g/mol. The summed E-state index contributed by atoms with van der Waals surface area (Å²) in [4.78, 5) is 63.6. The Bertz CT molecular complexity index is 2610. The van der Waals surface area contributed by atoms with E-state index in [1.807, 2.05) is 37.8 Å². The summed E-state index contributed by atoms with van der Waals surface area (Å²) in [6.45, 7) is 5.33. The summed E-state index contributed by atoms with van der Waals surface area (Å²) >= 11 is 13.3. The number of imidazole rings is 1. The van der Waals surface area contributed by atoms with E-state index in [-0.39, 0.29) is 42.4 Å². The van der Waals surface area contributed by atoms with E-state index >= 15 is 8.78 Å². The van der Waals surface area contributed by atoms with E-state index in [4.69, 9.17) is 38.8 Å². The van der Waals surface area contributed by atoms with Crippen LogP contribution in [0.4, 0.5) is 36.5 Å². The van der Waals surface area contributed by atoms with Crippen molar-refractivity contribution in [2.75, 3.05) is 81.6 Å². The van der Waals surface area contributed by atoms with Gasteiger partial charge in [0.1, 0.15) is 5.69 Å². The summed E-state index contributed by atoms with van der Waals surface area (Å²) in [6, 6.07) is 7.54. The fourth-order valence-electron chi connectivity index (χ4n) is 10.8. The summed E-state index contributed by atoms with van der Waals surface area (Å²) in [6.07, 6.45) is 10.3. The zero-order valence-electron chi connectivity index (χ0n) is 38.8. The number of primary amides is 1. The lowest BCUT2D eigenvalue weighted by Gasteiger charge is -2.51. The van der Waals surface area contributed by atoms with Crippen LogP contribution in [0.5, 0.6) is 0 Å². The molecule has 1 aliphatic carbocycles. The number of alkyl halides is 2. The van der Waals surface area contributed by atoms with Crippen LogP contribution in [0.15, 0.2) is 36.5 Å². The number of halogens is 4. The largest absolute Gasteiger partial charge is 0.385 e. The molecule has 2 aromatic heterocycles. The minimum absolute atomic E-state index is 0.0115. The van der Waals surface area contributed by atoms with Crippen LogP contribution in [0.2, 0.25) is 10.0 Å². The first-order chi connectivity index (χ1) is 32.6. The number of nitrogens with two attached hydrogens (primary N) is 1. The van der Waals surface area contributed by atoms with Crippen LogP contribution in [-0.4, -0.2) is 138 Å². The van der Waals surface area contributed by atoms with Gasteiger partial charge in [0.25, 0.3) is 17.7 Å². The lowest BCUT2D eigenvalue weighted by Crippen LogP contribution is -2.60. The first kappa shape index (κ1) is 47.9. The molecule has 68 heavy (non-hydrogen) atoms. The third kappa shape index (κ3) is 9.46. The summed E-state index contributed by atoms with van der Waals surface area (Å²) in [5, 5.41) is 11.0. The molecule has 4 N–H and O–H groups in total. The minimum Gasteiger partial charge on any atom is -0.385 e. The number of nitrogens with zero attached hydrogens (tertiary/aromatic N) is 8. The Morgan fingerprint density at radius 2 is 1.65 bits per heavy atom. The molecule has 2 aromatic carbocycles. The fourth-order valence-corrected chi connectivity index (χ4v) is 11.3. The summed E-state index contributed by atoms with van der Waals surface area (Å²) in [7, 11) is 3.54. The molecule has 4 saturated heterocycles. The van der Waals surface area contributed by atoms with Gasteiger partial charge in [-0.3, -0.25) is 34.4 Å².